The number of fused-ring (bicyclic) bond motifs is 4. The summed E-state index contributed by atoms with van der Waals surface area (Å²) in [5.74, 6) is -0.251. The number of benzene rings is 4. The highest BCUT2D eigenvalue weighted by molar-refractivity contribution is 8.11. The van der Waals surface area contributed by atoms with Crippen LogP contribution in [0.4, 0.5) is 23.3 Å². The molecule has 4 aromatic carbocycles. The third-order valence-electron chi connectivity index (χ3n) is 27.1. The van der Waals surface area contributed by atoms with Gasteiger partial charge in [0.25, 0.3) is 23.6 Å². The van der Waals surface area contributed by atoms with Gasteiger partial charge < -0.3 is 51.6 Å². The lowest BCUT2D eigenvalue weighted by atomic mass is 10.00. The van der Waals surface area contributed by atoms with Gasteiger partial charge in [0.1, 0.15) is 90.2 Å². The molecule has 47 heteroatoms. The standard InChI is InChI=1S/C49H61N11O7P2S2Si.C48H60N12O7P2S2Si.2CH4/c1-11-23-57(45(61)33-19-15-13-16-20-33)41-38-43(52-27-50-41)59(29-54-38)47-32(4)37(36(66-47)25-63-68-70)56-69(8,71)64-26-35-31(3)40(67-72(9,10)49(5,6)7)48(65-35)60-30-55-39-42(51-28-53-44(39)60)58(24-12-2)46(62)34-21-17-14-18-22-34;1-10-22-57(44(61)31-18-14-12-15-19-31)40-37-42(52-26-50-40)59(28-54-37)46-30(3)36(34(66-46)24-63-68-70)56-69(7,71)64-25-33-35(49)39(67-72(8,9)48(4,5)6)47(65-33)60-29-55-38-41(51-27-53-43(38)60)58(23-11-2)45(62)32-20-16-13-17-21-32;;/h11-22,27-32,35-37,40,47-48H,1-2,23-26H2,3-10H3,(H,56,71);10-21,26-30,33-36,39,46-47H,1-2,22-25,49H2,3-9H3,(H,56,71);2*1H4/t31-,32?,35-,36-,37+,40-,47-,48-,69?;30?,33-,34-,35-,36+,39-,46-,47-,69?;;/m11../s1. The first-order valence-corrected chi connectivity index (χ1v) is 62.8. The molecule has 4 fully saturated rings. The minimum atomic E-state index is -2.85. The molecule has 4 aliphatic heterocycles. The number of hydrogen-bond donors (Lipinski definition) is 3. The summed E-state index contributed by atoms with van der Waals surface area (Å²) in [7, 11) is -4.21. The Morgan fingerprint density at radius 2 is 0.685 bits per heavy atom. The summed E-state index contributed by atoms with van der Waals surface area (Å²) in [6.45, 7) is 48.8. The molecule has 0 spiro atoms. The Kier molecular flexibility index (Phi) is 37.6. The zero-order valence-corrected chi connectivity index (χ0v) is 91.7. The van der Waals surface area contributed by atoms with Gasteiger partial charge in [-0.3, -0.25) is 67.2 Å². The lowest BCUT2D eigenvalue weighted by Gasteiger charge is -2.40. The Morgan fingerprint density at radius 3 is 0.973 bits per heavy atom. The fourth-order valence-electron chi connectivity index (χ4n) is 17.5. The van der Waals surface area contributed by atoms with Crippen LogP contribution in [0.3, 0.4) is 0 Å². The number of nitrogens with two attached hydrogens (primary N) is 1. The summed E-state index contributed by atoms with van der Waals surface area (Å²) in [5, 5.41) is 7.05. The number of rotatable bonds is 40. The highest BCUT2D eigenvalue weighted by Crippen LogP contribution is 2.52. The molecule has 0 aliphatic carbocycles. The van der Waals surface area contributed by atoms with E-state index >= 15 is 0 Å². The van der Waals surface area contributed by atoms with E-state index in [1.54, 1.807) is 108 Å². The van der Waals surface area contributed by atoms with Crippen molar-refractivity contribution in [2.24, 2.45) is 23.5 Å². The molecule has 37 nitrogen and oxygen atoms in total. The van der Waals surface area contributed by atoms with Gasteiger partial charge >= 0.3 is 0 Å². The number of ether oxygens (including phenoxy) is 4. The van der Waals surface area contributed by atoms with Gasteiger partial charge in [0, 0.05) is 91.6 Å². The zero-order valence-electron chi connectivity index (χ0n) is 82.9. The molecule has 146 heavy (non-hydrogen) atoms. The van der Waals surface area contributed by atoms with Crippen LogP contribution in [0.5, 0.6) is 0 Å². The lowest BCUT2D eigenvalue weighted by molar-refractivity contribution is -0.0427. The molecule has 4 saturated heterocycles. The van der Waals surface area contributed by atoms with Gasteiger partial charge in [0.15, 0.2) is 97.0 Å². The van der Waals surface area contributed by atoms with Crippen LogP contribution in [0, 0.1) is 17.8 Å². The Bertz CT molecular complexity index is 6360. The molecule has 0 bridgehead atoms. The lowest BCUT2D eigenvalue weighted by Crippen LogP contribution is -2.51. The molecule has 4 unspecified atom stereocenters. The van der Waals surface area contributed by atoms with Gasteiger partial charge in [-0.25, -0.2) is 59.8 Å². The van der Waals surface area contributed by atoms with Crippen molar-refractivity contribution < 1.29 is 65.1 Å². The van der Waals surface area contributed by atoms with Crippen LogP contribution in [0.15, 0.2) is 223 Å². The molecule has 776 valence electrons. The van der Waals surface area contributed by atoms with Crippen LogP contribution in [0.1, 0.15) is 144 Å². The van der Waals surface area contributed by atoms with E-state index in [1.807, 2.05) is 107 Å². The molecule has 4 amide bonds. The molecular formula is C99H129N23O14P4S4Si2. The van der Waals surface area contributed by atoms with E-state index in [1.165, 1.54) is 40.0 Å². The van der Waals surface area contributed by atoms with Crippen molar-refractivity contribution in [2.45, 2.75) is 193 Å². The minimum Gasteiger partial charge on any atom is -0.409 e. The number of hydrogen-bond acceptors (Lipinski definition) is 31. The van der Waals surface area contributed by atoms with E-state index in [-0.39, 0.29) is 131 Å². The van der Waals surface area contributed by atoms with Crippen LogP contribution in [0.25, 0.3) is 44.7 Å². The predicted molar refractivity (Wildman–Crippen MR) is 590 cm³/mol. The zero-order chi connectivity index (χ0) is 103. The van der Waals surface area contributed by atoms with E-state index in [4.69, 9.17) is 124 Å². The number of anilines is 4. The summed E-state index contributed by atoms with van der Waals surface area (Å²) in [6.07, 6.45) is 7.40. The van der Waals surface area contributed by atoms with Gasteiger partial charge in [-0.2, -0.15) is 0 Å². The second kappa shape index (κ2) is 48.4. The number of nitrogens with one attached hydrogen (secondary N) is 2. The molecule has 16 rings (SSSR count). The number of carbonyl (C=O) groups is 4. The SMILES string of the molecule is C.C.C=CCN(C(=O)c1ccccc1)c1ncnc2c1ncn2[C@@H]1O[C@H](COP=S)[C@@H](NP(C)(=S)OC[C@H]2O[C@@H](n3cnc4c(N(CC=C)C(=O)c5ccccc5)ncnc43)[C@H](O[Si](C)(C)C(C)(C)C)[C@@H]2C)C1C.C=CCN(C(=O)c1ccccc1)c1ncnc2c1ncn2[C@@H]1O[C@H](COP=S)[C@@H](NP(C)(=S)OC[C@H]2O[C@@H](n3cnc4c(N(CC=C)C(=O)c5ccccc5)ncnc43)[C@H](O[Si](C)(C)C(C)(C)C)[C@@H]2N)C1C. The molecule has 8 aromatic heterocycles. The van der Waals surface area contributed by atoms with Crippen molar-refractivity contribution in [3.63, 3.8) is 0 Å². The molecule has 0 saturated carbocycles. The summed E-state index contributed by atoms with van der Waals surface area (Å²) < 4.78 is 74.0. The first kappa shape index (κ1) is 113. The third kappa shape index (κ3) is 24.4. The average molecular weight is 2170 g/mol. The van der Waals surface area contributed by atoms with Gasteiger partial charge in [0.2, 0.25) is 0 Å². The Morgan fingerprint density at radius 1 is 0.418 bits per heavy atom. The van der Waals surface area contributed by atoms with Crippen LogP contribution in [-0.2, 0) is 93.1 Å². The average Bonchev–Trinajstić information content (AvgIpc) is 1.61. The van der Waals surface area contributed by atoms with Crippen molar-refractivity contribution in [1.29, 1.82) is 0 Å². The Balaban J connectivity index is 0.000000241. The summed E-state index contributed by atoms with van der Waals surface area (Å²) >= 11 is 22.9. The molecular weight excluding hydrogens is 2040 g/mol. The number of nitrogens with zero attached hydrogens (tertiary/aromatic N) is 20. The number of aromatic nitrogens is 16. The van der Waals surface area contributed by atoms with Crippen LogP contribution in [-0.4, -0.2) is 239 Å². The Hall–Kier alpha value is -9.83. The predicted octanol–water partition coefficient (Wildman–Crippen LogP) is 18.0. The van der Waals surface area contributed by atoms with Crippen LogP contribution >= 0.6 is 28.0 Å². The maximum absolute atomic E-state index is 13.9. The van der Waals surface area contributed by atoms with Crippen molar-refractivity contribution in [3.05, 3.63) is 245 Å². The monoisotopic (exact) mass is 2170 g/mol. The molecule has 0 radical (unpaired) electrons. The highest BCUT2D eigenvalue weighted by atomic mass is 32.5. The molecule has 4 N–H and O–H groups in total. The van der Waals surface area contributed by atoms with E-state index in [2.05, 4.69) is 153 Å². The maximum Gasteiger partial charge on any atom is 0.259 e. The van der Waals surface area contributed by atoms with E-state index in [0.29, 0.717) is 105 Å². The fraction of sp³-hybridized carbons (Fsp3) is 0.434. The number of imidazole rings is 4. The van der Waals surface area contributed by atoms with Crippen molar-refractivity contribution in [1.82, 2.24) is 88.3 Å². The summed E-state index contributed by atoms with van der Waals surface area (Å²) in [4.78, 5) is 117. The fourth-order valence-corrected chi connectivity index (χ4v) is 25.0. The minimum absolute atomic E-state index is 0. The van der Waals surface area contributed by atoms with Crippen LogP contribution in [0.2, 0.25) is 36.3 Å². The molecule has 18 atom stereocenters. The van der Waals surface area contributed by atoms with E-state index in [9.17, 15) is 19.2 Å². The van der Waals surface area contributed by atoms with Crippen molar-refractivity contribution in [2.75, 3.05) is 85.5 Å². The summed E-state index contributed by atoms with van der Waals surface area (Å²) in [5.41, 5.74) is 12.7. The third-order valence-corrected chi connectivity index (χ3v) is 41.3. The largest absolute Gasteiger partial charge is 0.409 e. The van der Waals surface area contributed by atoms with Gasteiger partial charge in [-0.1, -0.05) is 198 Å². The first-order valence-electron chi connectivity index (χ1n) is 47.0. The second-order valence-corrected chi connectivity index (χ2v) is 58.6. The molecule has 12 heterocycles. The van der Waals surface area contributed by atoms with Crippen molar-refractivity contribution >= 4 is 183 Å². The topological polar surface area (TPSA) is 398 Å². The van der Waals surface area contributed by atoms with Gasteiger partial charge in [0.05, 0.1) is 70.0 Å². The second-order valence-electron chi connectivity index (χ2n) is 38.8. The number of amides is 4. The smallest absolute Gasteiger partial charge is 0.259 e. The quantitative estimate of drug-likeness (QED) is 0.0182. The molecule has 4 aliphatic rings. The molecule has 12 aromatic rings. The van der Waals surface area contributed by atoms with Gasteiger partial charge in [-0.05, 0) is 108 Å². The van der Waals surface area contributed by atoms with E-state index < -0.39 is 97.0 Å². The van der Waals surface area contributed by atoms with Crippen molar-refractivity contribution in [3.8, 4) is 0 Å². The Labute approximate surface area is 877 Å². The maximum atomic E-state index is 13.9. The summed E-state index contributed by atoms with van der Waals surface area (Å²) in [6, 6.07) is 34.6. The number of carbonyl (C=O) groups excluding carboxylic acids is 4. The highest BCUT2D eigenvalue weighted by Gasteiger charge is 2.54. The van der Waals surface area contributed by atoms with E-state index in [0.717, 1.165) is 0 Å². The first-order chi connectivity index (χ1) is 68.8. The van der Waals surface area contributed by atoms with Crippen LogP contribution < -0.4 is 35.5 Å². The normalized spacial score (nSPS) is 23.0. The van der Waals surface area contributed by atoms with Gasteiger partial charge in [-0.15, -0.1) is 26.3 Å².